The first-order valence-corrected chi connectivity index (χ1v) is 15.9. The van der Waals surface area contributed by atoms with Crippen LogP contribution in [0.2, 0.25) is 6.82 Å². The number of nitrogens with zero attached hydrogens (tertiary/aromatic N) is 2. The third kappa shape index (κ3) is 4.20. The van der Waals surface area contributed by atoms with Crippen molar-refractivity contribution in [3.63, 3.8) is 0 Å². The largest absolute Gasteiger partial charge is 0.309 e. The highest BCUT2D eigenvalue weighted by Gasteiger charge is 2.16. The Balaban J connectivity index is 1.26. The Morgan fingerprint density at radius 1 is 0.348 bits per heavy atom. The average Bonchev–Trinajstić information content (AvgIpc) is 3.64. The lowest BCUT2D eigenvalue weighted by Crippen LogP contribution is -2.09. The molecule has 0 spiro atoms. The molecular formula is C43H30BN2. The molecule has 215 valence electrons. The fraction of sp³-hybridized carbons (Fsp3) is 0.0233. The van der Waals surface area contributed by atoms with E-state index < -0.39 is 0 Å². The first kappa shape index (κ1) is 26.6. The third-order valence-corrected chi connectivity index (χ3v) is 9.38. The van der Waals surface area contributed by atoms with Crippen LogP contribution in [-0.2, 0) is 0 Å². The molecule has 0 N–H and O–H groups in total. The standard InChI is InChI=1S/C43H30BN2/c1-44-33-19-21-35(22-20-33)46-40-15-9-8-14-36(40)37-27-31(17-24-41(37)46)32-18-25-43-39(28-32)38-26-30(29-10-4-2-5-11-29)16-23-42(38)45(43)34-12-6-3-7-13-34/h2-28H,1H3. The number of para-hydroxylation sites is 2. The van der Waals surface area contributed by atoms with E-state index in [1.54, 1.807) is 0 Å². The topological polar surface area (TPSA) is 9.86 Å². The van der Waals surface area contributed by atoms with Crippen molar-refractivity contribution in [1.82, 2.24) is 9.13 Å². The number of fused-ring (bicyclic) bond motifs is 6. The molecule has 1 radical (unpaired) electrons. The molecule has 2 aromatic heterocycles. The maximum absolute atomic E-state index is 2.39. The first-order valence-electron chi connectivity index (χ1n) is 15.9. The molecule has 0 saturated heterocycles. The number of benzene rings is 7. The normalized spacial score (nSPS) is 11.6. The van der Waals surface area contributed by atoms with Gasteiger partial charge in [-0.05, 0) is 89.0 Å². The van der Waals surface area contributed by atoms with E-state index in [0.29, 0.717) is 0 Å². The zero-order valence-electron chi connectivity index (χ0n) is 25.6. The maximum atomic E-state index is 2.39. The summed E-state index contributed by atoms with van der Waals surface area (Å²) >= 11 is 0. The predicted octanol–water partition coefficient (Wildman–Crippen LogP) is 10.6. The van der Waals surface area contributed by atoms with Gasteiger partial charge in [-0.15, -0.1) is 0 Å². The van der Waals surface area contributed by atoms with E-state index in [1.807, 2.05) is 0 Å². The molecule has 0 atom stereocenters. The summed E-state index contributed by atoms with van der Waals surface area (Å²) in [5.41, 5.74) is 13.3. The van der Waals surface area contributed by atoms with Crippen molar-refractivity contribution in [3.8, 4) is 33.6 Å². The molecule has 0 fully saturated rings. The van der Waals surface area contributed by atoms with Crippen molar-refractivity contribution in [2.24, 2.45) is 0 Å². The number of hydrogen-bond acceptors (Lipinski definition) is 0. The molecule has 46 heavy (non-hydrogen) atoms. The van der Waals surface area contributed by atoms with Crippen molar-refractivity contribution < 1.29 is 0 Å². The van der Waals surface area contributed by atoms with Gasteiger partial charge in [-0.3, -0.25) is 0 Å². The lowest BCUT2D eigenvalue weighted by Gasteiger charge is -2.10. The lowest BCUT2D eigenvalue weighted by atomic mass is 9.73. The molecule has 7 aromatic carbocycles. The highest BCUT2D eigenvalue weighted by molar-refractivity contribution is 6.51. The summed E-state index contributed by atoms with van der Waals surface area (Å²) in [6.45, 7) is 2.08. The highest BCUT2D eigenvalue weighted by Crippen LogP contribution is 2.39. The van der Waals surface area contributed by atoms with Crippen LogP contribution in [0.3, 0.4) is 0 Å². The second-order valence-corrected chi connectivity index (χ2v) is 12.0. The first-order chi connectivity index (χ1) is 22.8. The van der Waals surface area contributed by atoms with Crippen LogP contribution in [0.15, 0.2) is 164 Å². The van der Waals surface area contributed by atoms with Crippen LogP contribution in [0.5, 0.6) is 0 Å². The fourth-order valence-corrected chi connectivity index (χ4v) is 7.11. The Labute approximate surface area is 269 Å². The van der Waals surface area contributed by atoms with E-state index in [-0.39, 0.29) is 0 Å². The van der Waals surface area contributed by atoms with Crippen LogP contribution in [0.4, 0.5) is 0 Å². The Hall–Kier alpha value is -5.80. The van der Waals surface area contributed by atoms with Gasteiger partial charge in [0.15, 0.2) is 0 Å². The minimum absolute atomic E-state index is 1.17. The van der Waals surface area contributed by atoms with Gasteiger partial charge in [-0.2, -0.15) is 0 Å². The summed E-state index contributed by atoms with van der Waals surface area (Å²) < 4.78 is 4.78. The molecule has 9 aromatic rings. The summed E-state index contributed by atoms with van der Waals surface area (Å²) in [5.74, 6) is 0. The molecule has 0 unspecified atom stereocenters. The molecule has 0 bridgehead atoms. The highest BCUT2D eigenvalue weighted by atomic mass is 15.0. The van der Waals surface area contributed by atoms with E-state index in [0.717, 1.165) is 0 Å². The second kappa shape index (κ2) is 10.7. The molecule has 3 heteroatoms. The molecule has 0 aliphatic carbocycles. The van der Waals surface area contributed by atoms with Gasteiger partial charge in [-0.25, -0.2) is 0 Å². The maximum Gasteiger partial charge on any atom is 0.148 e. The van der Waals surface area contributed by atoms with Crippen LogP contribution < -0.4 is 5.46 Å². The van der Waals surface area contributed by atoms with E-state index in [4.69, 9.17) is 0 Å². The minimum Gasteiger partial charge on any atom is -0.309 e. The van der Waals surface area contributed by atoms with Crippen LogP contribution in [0, 0.1) is 0 Å². The summed E-state index contributed by atoms with van der Waals surface area (Å²) in [6, 6.07) is 59.7. The van der Waals surface area contributed by atoms with E-state index in [1.165, 1.54) is 82.7 Å². The Morgan fingerprint density at radius 3 is 1.35 bits per heavy atom. The molecule has 2 heterocycles. The van der Waals surface area contributed by atoms with Crippen LogP contribution in [0.1, 0.15) is 0 Å². The summed E-state index contributed by atoms with van der Waals surface area (Å²) in [4.78, 5) is 0. The van der Waals surface area contributed by atoms with E-state index in [9.17, 15) is 0 Å². The smallest absolute Gasteiger partial charge is 0.148 e. The molecular weight excluding hydrogens is 555 g/mol. The average molecular weight is 586 g/mol. The van der Waals surface area contributed by atoms with Crippen LogP contribution >= 0.6 is 0 Å². The third-order valence-electron chi connectivity index (χ3n) is 9.38. The van der Waals surface area contributed by atoms with Crippen molar-refractivity contribution in [2.45, 2.75) is 6.82 Å². The van der Waals surface area contributed by atoms with Crippen molar-refractivity contribution in [2.75, 3.05) is 0 Å². The van der Waals surface area contributed by atoms with Gasteiger partial charge in [-0.1, -0.05) is 109 Å². The van der Waals surface area contributed by atoms with Gasteiger partial charge in [0.1, 0.15) is 7.28 Å². The van der Waals surface area contributed by atoms with Gasteiger partial charge in [0, 0.05) is 32.9 Å². The predicted molar refractivity (Wildman–Crippen MR) is 197 cm³/mol. The van der Waals surface area contributed by atoms with Crippen molar-refractivity contribution >= 4 is 56.4 Å². The van der Waals surface area contributed by atoms with Crippen LogP contribution in [-0.4, -0.2) is 16.4 Å². The minimum atomic E-state index is 1.17. The number of rotatable bonds is 5. The van der Waals surface area contributed by atoms with Crippen molar-refractivity contribution in [3.05, 3.63) is 164 Å². The van der Waals surface area contributed by atoms with Crippen LogP contribution in [0.25, 0.3) is 77.2 Å². The molecule has 0 aliphatic heterocycles. The molecule has 0 amide bonds. The Kier molecular flexibility index (Phi) is 6.17. The summed E-state index contributed by atoms with van der Waals surface area (Å²) in [5, 5.41) is 5.04. The van der Waals surface area contributed by atoms with Gasteiger partial charge < -0.3 is 9.13 Å². The van der Waals surface area contributed by atoms with Gasteiger partial charge >= 0.3 is 0 Å². The number of aromatic nitrogens is 2. The zero-order valence-corrected chi connectivity index (χ0v) is 25.6. The molecule has 0 aliphatic rings. The summed E-state index contributed by atoms with van der Waals surface area (Å²) in [7, 11) is 2.14. The Bertz CT molecular complexity index is 2540. The quantitative estimate of drug-likeness (QED) is 0.178. The zero-order chi connectivity index (χ0) is 30.6. The van der Waals surface area contributed by atoms with Gasteiger partial charge in [0.05, 0.1) is 22.1 Å². The molecule has 0 saturated carbocycles. The SMILES string of the molecule is C[B]c1ccc(-n2c3ccccc3c3cc(-c4ccc5c(c4)c4cc(-c6ccccc6)ccc4n5-c4ccccc4)ccc32)cc1. The number of hydrogen-bond donors (Lipinski definition) is 0. The fourth-order valence-electron chi connectivity index (χ4n) is 7.11. The van der Waals surface area contributed by atoms with Crippen molar-refractivity contribution in [1.29, 1.82) is 0 Å². The monoisotopic (exact) mass is 585 g/mol. The second-order valence-electron chi connectivity index (χ2n) is 12.0. The molecule has 9 rings (SSSR count). The van der Waals surface area contributed by atoms with E-state index >= 15 is 0 Å². The van der Waals surface area contributed by atoms with Gasteiger partial charge in [0.25, 0.3) is 0 Å². The molecule has 2 nitrogen and oxygen atoms in total. The summed E-state index contributed by atoms with van der Waals surface area (Å²) in [6.07, 6.45) is 0. The lowest BCUT2D eigenvalue weighted by molar-refractivity contribution is 1.18. The van der Waals surface area contributed by atoms with E-state index in [2.05, 4.69) is 187 Å². The van der Waals surface area contributed by atoms with Gasteiger partial charge in [0.2, 0.25) is 0 Å². The Morgan fingerprint density at radius 2 is 0.783 bits per heavy atom.